The van der Waals surface area contributed by atoms with Gasteiger partial charge in [0.1, 0.15) is 17.7 Å². The number of benzene rings is 2. The van der Waals surface area contributed by atoms with Gasteiger partial charge in [0.25, 0.3) is 5.91 Å². The van der Waals surface area contributed by atoms with E-state index in [2.05, 4.69) is 5.32 Å². The average molecular weight is 334 g/mol. The maximum Gasteiger partial charge on any atom is 0.258 e. The van der Waals surface area contributed by atoms with Gasteiger partial charge in [-0.1, -0.05) is 24.3 Å². The van der Waals surface area contributed by atoms with Crippen molar-refractivity contribution in [3.8, 4) is 5.75 Å². The minimum Gasteiger partial charge on any atom is -0.497 e. The third-order valence-corrected chi connectivity index (χ3v) is 4.36. The van der Waals surface area contributed by atoms with Crippen LogP contribution in [0.5, 0.6) is 5.75 Å². The van der Waals surface area contributed by atoms with Crippen LogP contribution >= 0.6 is 0 Å². The first-order chi connectivity index (χ1) is 12.3. The van der Waals surface area contributed by atoms with Crippen LogP contribution in [-0.4, -0.2) is 17.9 Å². The van der Waals surface area contributed by atoms with Crippen molar-refractivity contribution in [2.75, 3.05) is 12.4 Å². The van der Waals surface area contributed by atoms with Crippen molar-refractivity contribution in [3.63, 3.8) is 0 Å². The zero-order valence-electron chi connectivity index (χ0n) is 13.8. The third-order valence-electron chi connectivity index (χ3n) is 4.36. The monoisotopic (exact) mass is 334 g/mol. The smallest absolute Gasteiger partial charge is 0.258 e. The van der Waals surface area contributed by atoms with Crippen LogP contribution in [0.15, 0.2) is 71.3 Å². The van der Waals surface area contributed by atoms with Gasteiger partial charge >= 0.3 is 0 Å². The van der Waals surface area contributed by atoms with Gasteiger partial charge in [-0.3, -0.25) is 4.79 Å². The van der Waals surface area contributed by atoms with Crippen LogP contribution < -0.4 is 10.1 Å². The zero-order valence-corrected chi connectivity index (χ0v) is 13.8. The molecule has 0 saturated carbocycles. The number of fused-ring (bicyclic) bond motifs is 1. The highest BCUT2D eigenvalue weighted by Crippen LogP contribution is 2.34. The molecule has 0 spiro atoms. The topological polar surface area (TPSA) is 54.7 Å². The second kappa shape index (κ2) is 6.36. The van der Waals surface area contributed by atoms with Gasteiger partial charge in [0.2, 0.25) is 0 Å². The summed E-state index contributed by atoms with van der Waals surface area (Å²) in [4.78, 5) is 14.9. The number of methoxy groups -OCH3 is 1. The van der Waals surface area contributed by atoms with Crippen LogP contribution in [0, 0.1) is 0 Å². The van der Waals surface area contributed by atoms with Crippen molar-refractivity contribution in [3.05, 3.63) is 83.8 Å². The number of furan rings is 1. The molecule has 0 radical (unpaired) electrons. The number of rotatable bonds is 4. The molecule has 4 rings (SSSR count). The van der Waals surface area contributed by atoms with Crippen molar-refractivity contribution >= 4 is 11.6 Å². The summed E-state index contributed by atoms with van der Waals surface area (Å²) in [5.41, 5.74) is 2.48. The van der Waals surface area contributed by atoms with Crippen LogP contribution in [0.25, 0.3) is 0 Å². The number of carbonyl (C=O) groups excluding carboxylic acids is 1. The lowest BCUT2D eigenvalue weighted by Gasteiger charge is -2.37. The summed E-state index contributed by atoms with van der Waals surface area (Å²) in [5.74, 6) is 1.50. The molecule has 1 amide bonds. The van der Waals surface area contributed by atoms with Crippen LogP contribution in [0.3, 0.4) is 0 Å². The molecule has 1 aliphatic heterocycles. The number of carbonyl (C=O) groups is 1. The van der Waals surface area contributed by atoms with E-state index in [1.54, 1.807) is 18.3 Å². The third kappa shape index (κ3) is 2.85. The summed E-state index contributed by atoms with van der Waals surface area (Å²) in [5, 5.41) is 3.47. The second-order valence-electron chi connectivity index (χ2n) is 5.88. The van der Waals surface area contributed by atoms with Gasteiger partial charge in [-0.2, -0.15) is 0 Å². The molecule has 126 valence electrons. The van der Waals surface area contributed by atoms with E-state index in [1.807, 2.05) is 60.7 Å². The van der Waals surface area contributed by atoms with Crippen LogP contribution in [0.1, 0.15) is 27.8 Å². The number of nitrogens with one attached hydrogen (secondary N) is 1. The summed E-state index contributed by atoms with van der Waals surface area (Å²) in [7, 11) is 1.64. The highest BCUT2D eigenvalue weighted by Gasteiger charge is 2.33. The van der Waals surface area contributed by atoms with Gasteiger partial charge in [-0.05, 0) is 42.0 Å². The minimum atomic E-state index is -0.279. The van der Waals surface area contributed by atoms with Crippen molar-refractivity contribution in [2.24, 2.45) is 0 Å². The molecule has 0 fully saturated rings. The Bertz CT molecular complexity index is 872. The highest BCUT2D eigenvalue weighted by atomic mass is 16.5. The van der Waals surface area contributed by atoms with Crippen LogP contribution in [-0.2, 0) is 6.54 Å². The lowest BCUT2D eigenvalue weighted by Crippen LogP contribution is -2.42. The summed E-state index contributed by atoms with van der Waals surface area (Å²) in [6.07, 6.45) is 1.34. The average Bonchev–Trinajstić information content (AvgIpc) is 3.17. The first-order valence-corrected chi connectivity index (χ1v) is 8.09. The first kappa shape index (κ1) is 15.3. The quantitative estimate of drug-likeness (QED) is 0.782. The molecule has 5 heteroatoms. The van der Waals surface area contributed by atoms with E-state index in [4.69, 9.17) is 9.15 Å². The Morgan fingerprint density at radius 2 is 1.88 bits per heavy atom. The van der Waals surface area contributed by atoms with E-state index in [9.17, 15) is 4.79 Å². The van der Waals surface area contributed by atoms with Crippen LogP contribution in [0.4, 0.5) is 5.69 Å². The number of hydrogen-bond acceptors (Lipinski definition) is 4. The fourth-order valence-electron chi connectivity index (χ4n) is 3.08. The normalized spacial score (nSPS) is 16.3. The Balaban J connectivity index is 1.74. The van der Waals surface area contributed by atoms with Crippen molar-refractivity contribution in [2.45, 2.75) is 12.7 Å². The molecule has 0 saturated heterocycles. The number of ether oxygens (including phenoxy) is 1. The number of para-hydroxylation sites is 1. The van der Waals surface area contributed by atoms with E-state index in [1.165, 1.54) is 0 Å². The van der Waals surface area contributed by atoms with E-state index in [0.717, 1.165) is 22.8 Å². The molecule has 0 bridgehead atoms. The molecule has 1 atom stereocenters. The molecular formula is C20H18N2O3. The summed E-state index contributed by atoms with van der Waals surface area (Å²) in [6, 6.07) is 19.0. The second-order valence-corrected chi connectivity index (χ2v) is 5.88. The van der Waals surface area contributed by atoms with Gasteiger partial charge in [0.15, 0.2) is 0 Å². The molecule has 2 heterocycles. The maximum absolute atomic E-state index is 13.1. The molecular weight excluding hydrogens is 316 g/mol. The summed E-state index contributed by atoms with van der Waals surface area (Å²) < 4.78 is 10.7. The maximum atomic E-state index is 13.1. The summed E-state index contributed by atoms with van der Waals surface area (Å²) >= 11 is 0. The number of amides is 1. The Hall–Kier alpha value is -3.21. The Labute approximate surface area is 145 Å². The van der Waals surface area contributed by atoms with Crippen molar-refractivity contribution in [1.82, 2.24) is 4.90 Å². The van der Waals surface area contributed by atoms with Gasteiger partial charge in [-0.25, -0.2) is 0 Å². The zero-order chi connectivity index (χ0) is 17.2. The predicted molar refractivity (Wildman–Crippen MR) is 94.4 cm³/mol. The fraction of sp³-hybridized carbons (Fsp3) is 0.150. The molecule has 1 N–H and O–H groups in total. The molecule has 0 unspecified atom stereocenters. The number of anilines is 1. The van der Waals surface area contributed by atoms with Crippen molar-refractivity contribution in [1.29, 1.82) is 0 Å². The van der Waals surface area contributed by atoms with Gasteiger partial charge in [-0.15, -0.1) is 0 Å². The molecule has 1 aliphatic rings. The van der Waals surface area contributed by atoms with Crippen LogP contribution in [0.2, 0.25) is 0 Å². The number of nitrogens with zero attached hydrogens (tertiary/aromatic N) is 1. The van der Waals surface area contributed by atoms with E-state index < -0.39 is 0 Å². The molecule has 3 aromatic rings. The molecule has 5 nitrogen and oxygen atoms in total. The van der Waals surface area contributed by atoms with Gasteiger partial charge < -0.3 is 19.4 Å². The first-order valence-electron chi connectivity index (χ1n) is 8.09. The Morgan fingerprint density at radius 3 is 2.60 bits per heavy atom. The van der Waals surface area contributed by atoms with Crippen molar-refractivity contribution < 1.29 is 13.9 Å². The van der Waals surface area contributed by atoms with E-state index >= 15 is 0 Å². The lowest BCUT2D eigenvalue weighted by molar-refractivity contribution is 0.0651. The standard InChI is InChI=1S/C20H18N2O3/c1-24-15-10-8-14(9-11-15)19-21-18-7-3-2-6-17(18)20(23)22(19)13-16-5-4-12-25-16/h2-12,19,21H,13H2,1H3/t19-/m0/s1. The predicted octanol–water partition coefficient (Wildman–Crippen LogP) is 4.05. The largest absolute Gasteiger partial charge is 0.497 e. The fourth-order valence-corrected chi connectivity index (χ4v) is 3.08. The van der Waals surface area contributed by atoms with E-state index in [-0.39, 0.29) is 12.1 Å². The highest BCUT2D eigenvalue weighted by molar-refractivity contribution is 6.01. The molecule has 25 heavy (non-hydrogen) atoms. The van der Waals surface area contributed by atoms with E-state index in [0.29, 0.717) is 12.1 Å². The molecule has 2 aromatic carbocycles. The SMILES string of the molecule is COc1ccc([C@H]2Nc3ccccc3C(=O)N2Cc2ccco2)cc1. The molecule has 1 aromatic heterocycles. The van der Waals surface area contributed by atoms with Gasteiger partial charge in [0.05, 0.1) is 25.5 Å². The lowest BCUT2D eigenvalue weighted by atomic mass is 10.0. The minimum absolute atomic E-state index is 0.0217. The summed E-state index contributed by atoms with van der Waals surface area (Å²) in [6.45, 7) is 0.393. The molecule has 0 aliphatic carbocycles. The Kier molecular flexibility index (Phi) is 3.90. The Morgan fingerprint density at radius 1 is 1.08 bits per heavy atom. The van der Waals surface area contributed by atoms with Gasteiger partial charge in [0, 0.05) is 5.69 Å². The number of hydrogen-bond donors (Lipinski definition) is 1.